The van der Waals surface area contributed by atoms with E-state index in [0.717, 1.165) is 12.8 Å². The number of hydrogen-bond donors (Lipinski definition) is 3. The van der Waals surface area contributed by atoms with E-state index in [1.54, 1.807) is 0 Å². The number of nitrogens with zero attached hydrogens (tertiary/aromatic N) is 1. The predicted molar refractivity (Wildman–Crippen MR) is 98.1 cm³/mol. The van der Waals surface area contributed by atoms with Crippen LogP contribution in [0.2, 0.25) is 0 Å². The van der Waals surface area contributed by atoms with Crippen molar-refractivity contribution in [3.05, 3.63) is 71.8 Å². The number of hydroxylamine groups is 2. The van der Waals surface area contributed by atoms with Crippen LogP contribution in [0, 0.1) is 0 Å². The third-order valence-electron chi connectivity index (χ3n) is 3.83. The van der Waals surface area contributed by atoms with Gasteiger partial charge in [-0.3, -0.25) is 0 Å². The molecule has 0 radical (unpaired) electrons. The molecule has 2 rings (SSSR count). The summed E-state index contributed by atoms with van der Waals surface area (Å²) in [7, 11) is 0. The molecular weight excluding hydrogens is 334 g/mol. The van der Waals surface area contributed by atoms with Crippen molar-refractivity contribution in [3.8, 4) is 0 Å². The molecule has 0 saturated heterocycles. The molecule has 26 heavy (non-hydrogen) atoms. The number of carbonyl (C=O) groups is 2. The Morgan fingerprint density at radius 2 is 1.08 bits per heavy atom. The Bertz CT molecular complexity index is 616. The van der Waals surface area contributed by atoms with Crippen LogP contribution in [-0.2, 0) is 22.4 Å². The first-order valence-corrected chi connectivity index (χ1v) is 8.32. The molecule has 0 bridgehead atoms. The topological polar surface area (TPSA) is 98.1 Å². The van der Waals surface area contributed by atoms with Crippen molar-refractivity contribution in [2.75, 3.05) is 0 Å². The zero-order valence-corrected chi connectivity index (χ0v) is 14.9. The minimum absolute atomic E-state index is 0.108. The first-order valence-electron chi connectivity index (χ1n) is 8.32. The van der Waals surface area contributed by atoms with E-state index in [2.05, 4.69) is 38.1 Å². The van der Waals surface area contributed by atoms with Crippen molar-refractivity contribution in [1.82, 2.24) is 5.06 Å². The van der Waals surface area contributed by atoms with Crippen LogP contribution >= 0.6 is 0 Å². The van der Waals surface area contributed by atoms with Gasteiger partial charge < -0.3 is 15.4 Å². The van der Waals surface area contributed by atoms with E-state index in [1.807, 2.05) is 36.4 Å². The van der Waals surface area contributed by atoms with Crippen LogP contribution in [0.1, 0.15) is 25.0 Å². The molecule has 3 N–H and O–H groups in total. The van der Waals surface area contributed by atoms with Crippen LogP contribution < -0.4 is 0 Å². The van der Waals surface area contributed by atoms with Gasteiger partial charge in [0.25, 0.3) is 0 Å². The standard InChI is InChI=1S/C18H23NO.C2H2O4/c1-15(13-17-9-5-3-6-10-17)19(20)16(2)14-18-11-7-4-8-12-18;3-1(4)2(5)6/h3-12,15-16,20H,13-14H2,1-2H3;(H,3,4)(H,5,6). The summed E-state index contributed by atoms with van der Waals surface area (Å²) in [6.45, 7) is 4.13. The van der Waals surface area contributed by atoms with E-state index >= 15 is 0 Å². The summed E-state index contributed by atoms with van der Waals surface area (Å²) < 4.78 is 0. The lowest BCUT2D eigenvalue weighted by Crippen LogP contribution is -2.39. The number of rotatable bonds is 6. The fourth-order valence-electron chi connectivity index (χ4n) is 2.53. The SMILES string of the molecule is CC(Cc1ccccc1)N(O)C(C)Cc1ccccc1.O=C(O)C(=O)O. The molecule has 0 aliphatic rings. The summed E-state index contributed by atoms with van der Waals surface area (Å²) in [5, 5.41) is 26.6. The molecule has 6 heteroatoms. The maximum atomic E-state index is 10.3. The van der Waals surface area contributed by atoms with Crippen LogP contribution in [0.4, 0.5) is 0 Å². The number of aliphatic carboxylic acids is 2. The number of hydrogen-bond acceptors (Lipinski definition) is 4. The molecule has 0 aliphatic carbocycles. The molecule has 0 saturated carbocycles. The third kappa shape index (κ3) is 7.92. The molecule has 0 aliphatic heterocycles. The minimum Gasteiger partial charge on any atom is -0.473 e. The molecule has 140 valence electrons. The summed E-state index contributed by atoms with van der Waals surface area (Å²) in [5.41, 5.74) is 2.51. The van der Waals surface area contributed by atoms with E-state index in [0.29, 0.717) is 0 Å². The van der Waals surface area contributed by atoms with Gasteiger partial charge >= 0.3 is 11.9 Å². The molecule has 0 fully saturated rings. The van der Waals surface area contributed by atoms with E-state index in [9.17, 15) is 5.21 Å². The van der Waals surface area contributed by atoms with E-state index in [-0.39, 0.29) is 12.1 Å². The summed E-state index contributed by atoms with van der Waals surface area (Å²) in [6.07, 6.45) is 1.72. The van der Waals surface area contributed by atoms with Gasteiger partial charge in [-0.05, 0) is 37.8 Å². The van der Waals surface area contributed by atoms with Gasteiger partial charge in [-0.2, -0.15) is 5.06 Å². The number of benzene rings is 2. The van der Waals surface area contributed by atoms with Crippen LogP contribution in [0.3, 0.4) is 0 Å². The van der Waals surface area contributed by atoms with E-state index in [4.69, 9.17) is 19.8 Å². The normalized spacial score (nSPS) is 12.6. The number of carboxylic acids is 2. The Morgan fingerprint density at radius 3 is 1.35 bits per heavy atom. The van der Waals surface area contributed by atoms with Gasteiger partial charge in [0.2, 0.25) is 0 Å². The van der Waals surface area contributed by atoms with Crippen molar-refractivity contribution in [3.63, 3.8) is 0 Å². The fraction of sp³-hybridized carbons (Fsp3) is 0.300. The van der Waals surface area contributed by atoms with Crippen LogP contribution in [0.15, 0.2) is 60.7 Å². The highest BCUT2D eigenvalue weighted by Gasteiger charge is 2.18. The lowest BCUT2D eigenvalue weighted by Gasteiger charge is -2.28. The van der Waals surface area contributed by atoms with Gasteiger partial charge in [-0.25, -0.2) is 9.59 Å². The molecular formula is C20H25NO5. The lowest BCUT2D eigenvalue weighted by molar-refractivity contribution is -0.159. The Hall–Kier alpha value is -2.70. The highest BCUT2D eigenvalue weighted by Crippen LogP contribution is 2.13. The minimum atomic E-state index is -1.82. The van der Waals surface area contributed by atoms with Crippen LogP contribution in [0.5, 0.6) is 0 Å². The smallest absolute Gasteiger partial charge is 0.414 e. The summed E-state index contributed by atoms with van der Waals surface area (Å²) in [6, 6.07) is 20.8. The second-order valence-electron chi connectivity index (χ2n) is 6.07. The Balaban J connectivity index is 0.000000487. The molecule has 0 aromatic heterocycles. The maximum Gasteiger partial charge on any atom is 0.414 e. The second kappa shape index (κ2) is 11.0. The molecule has 2 aromatic rings. The van der Waals surface area contributed by atoms with Crippen molar-refractivity contribution >= 4 is 11.9 Å². The fourth-order valence-corrected chi connectivity index (χ4v) is 2.53. The molecule has 2 unspecified atom stereocenters. The Morgan fingerprint density at radius 1 is 0.769 bits per heavy atom. The largest absolute Gasteiger partial charge is 0.473 e. The van der Waals surface area contributed by atoms with Gasteiger partial charge in [-0.15, -0.1) is 0 Å². The summed E-state index contributed by atoms with van der Waals surface area (Å²) in [4.78, 5) is 18.2. The van der Waals surface area contributed by atoms with Gasteiger partial charge in [0, 0.05) is 12.1 Å². The average Bonchev–Trinajstić information content (AvgIpc) is 2.63. The number of carboxylic acid groups (broad SMARTS) is 2. The highest BCUT2D eigenvalue weighted by molar-refractivity contribution is 6.27. The van der Waals surface area contributed by atoms with Crippen molar-refractivity contribution in [2.24, 2.45) is 0 Å². The molecule has 2 aromatic carbocycles. The molecule has 2 atom stereocenters. The van der Waals surface area contributed by atoms with Gasteiger partial charge in [0.15, 0.2) is 0 Å². The van der Waals surface area contributed by atoms with Crippen molar-refractivity contribution in [2.45, 2.75) is 38.8 Å². The van der Waals surface area contributed by atoms with E-state index < -0.39 is 11.9 Å². The third-order valence-corrected chi connectivity index (χ3v) is 3.83. The maximum absolute atomic E-state index is 10.3. The summed E-state index contributed by atoms with van der Waals surface area (Å²) in [5.74, 6) is -3.65. The van der Waals surface area contributed by atoms with Gasteiger partial charge in [0.1, 0.15) is 0 Å². The molecule has 6 nitrogen and oxygen atoms in total. The molecule has 0 amide bonds. The Labute approximate surface area is 153 Å². The first-order chi connectivity index (χ1) is 12.3. The predicted octanol–water partition coefficient (Wildman–Crippen LogP) is 3.10. The zero-order chi connectivity index (χ0) is 19.5. The Kier molecular flexibility index (Phi) is 9.05. The first kappa shape index (κ1) is 21.3. The van der Waals surface area contributed by atoms with Crippen LogP contribution in [0.25, 0.3) is 0 Å². The molecule has 0 spiro atoms. The van der Waals surface area contributed by atoms with Crippen molar-refractivity contribution < 1.29 is 25.0 Å². The van der Waals surface area contributed by atoms with Gasteiger partial charge in [0.05, 0.1) is 0 Å². The monoisotopic (exact) mass is 359 g/mol. The second-order valence-corrected chi connectivity index (χ2v) is 6.07. The quantitative estimate of drug-likeness (QED) is 0.541. The van der Waals surface area contributed by atoms with E-state index in [1.165, 1.54) is 16.2 Å². The van der Waals surface area contributed by atoms with Gasteiger partial charge in [-0.1, -0.05) is 60.7 Å². The lowest BCUT2D eigenvalue weighted by atomic mass is 10.0. The van der Waals surface area contributed by atoms with Crippen molar-refractivity contribution in [1.29, 1.82) is 0 Å². The zero-order valence-electron chi connectivity index (χ0n) is 14.9. The molecule has 0 heterocycles. The highest BCUT2D eigenvalue weighted by atomic mass is 16.5. The summed E-state index contributed by atoms with van der Waals surface area (Å²) >= 11 is 0. The van der Waals surface area contributed by atoms with Crippen LogP contribution in [-0.4, -0.2) is 44.5 Å². The average molecular weight is 359 g/mol.